The zero-order chi connectivity index (χ0) is 41.6. The lowest BCUT2D eigenvalue weighted by molar-refractivity contribution is -0.137. The highest BCUT2D eigenvalue weighted by atomic mass is 19.4. The number of hydrogen-bond donors (Lipinski definition) is 4. The van der Waals surface area contributed by atoms with Crippen molar-refractivity contribution in [2.24, 2.45) is 5.73 Å². The molecule has 0 atom stereocenters. The third-order valence-corrected chi connectivity index (χ3v) is 9.46. The van der Waals surface area contributed by atoms with Crippen molar-refractivity contribution in [2.45, 2.75) is 95.6 Å². The van der Waals surface area contributed by atoms with E-state index >= 15 is 0 Å². The summed E-state index contributed by atoms with van der Waals surface area (Å²) in [5, 5.41) is 15.2. The molecule has 57 heavy (non-hydrogen) atoms. The van der Waals surface area contributed by atoms with Gasteiger partial charge in [-0.2, -0.15) is 13.2 Å². The van der Waals surface area contributed by atoms with E-state index in [1.807, 2.05) is 13.8 Å². The molecule has 0 unspecified atom stereocenters. The molecule has 7 rings (SSSR count). The molecule has 4 aromatic rings. The summed E-state index contributed by atoms with van der Waals surface area (Å²) >= 11 is 0. The maximum absolute atomic E-state index is 12.9. The first-order chi connectivity index (χ1) is 27.2. The molecule has 4 amide bonds. The highest BCUT2D eigenvalue weighted by Crippen LogP contribution is 2.41. The van der Waals surface area contributed by atoms with Crippen LogP contribution in [0.5, 0.6) is 0 Å². The number of nitrogens with one attached hydrogen (secondary N) is 3. The van der Waals surface area contributed by atoms with Gasteiger partial charge in [0.25, 0.3) is 0 Å². The molecule has 1 saturated carbocycles. The number of primary amides is 1. The van der Waals surface area contributed by atoms with Gasteiger partial charge in [0.1, 0.15) is 11.5 Å². The van der Waals surface area contributed by atoms with E-state index in [1.54, 1.807) is 44.2 Å². The summed E-state index contributed by atoms with van der Waals surface area (Å²) in [6.07, 6.45) is 1.11. The lowest BCUT2D eigenvalue weighted by atomic mass is 9.84. The largest absolute Gasteiger partial charge is 0.416 e. The Morgan fingerprint density at radius 1 is 0.737 bits per heavy atom. The summed E-state index contributed by atoms with van der Waals surface area (Å²) < 4.78 is 85.3. The lowest BCUT2D eigenvalue weighted by Gasteiger charge is -2.26. The predicted molar refractivity (Wildman–Crippen MR) is 203 cm³/mol. The smallest absolute Gasteiger partial charge is 0.381 e. The first-order valence-electron chi connectivity index (χ1n) is 19.0. The maximum Gasteiger partial charge on any atom is 0.416 e. The first kappa shape index (κ1) is 44.7. The second-order valence-corrected chi connectivity index (χ2v) is 14.2. The predicted octanol–water partition coefficient (Wildman–Crippen LogP) is 9.61. The zero-order valence-electron chi connectivity index (χ0n) is 32.5. The average molecular weight is 807 g/mol. The first-order valence-corrected chi connectivity index (χ1v) is 19.0. The molecule has 2 aliphatic heterocycles. The standard InChI is InChI=1S/C20H24F3N3O3.C9H8F2.C9H13N3O3.C2H6/c1-19(2,14-4-3-5-15(10-14)20(21,22)23)12-24-18(27)25-17-11-16(29-26-17)13-6-8-28-9-7-13;10-8-3-1-2-7(9(8)11)6-4-5-6;10-9(13)11-8-5-7(15-12-8)6-1-3-14-4-2-6;1-2/h3-5,10-11,13H,6-9,12H2,1-2H3,(H2,24,25,26,27);1-3,6H,4-5H2;5-6H,1-4H2,(H3,10,11,12,13);1-2H3. The second kappa shape index (κ2) is 20.9. The van der Waals surface area contributed by atoms with Gasteiger partial charge < -0.3 is 29.6 Å². The summed E-state index contributed by atoms with van der Waals surface area (Å²) in [6.45, 7) is 10.5. The molecule has 1 aliphatic carbocycles. The molecule has 3 aliphatic rings. The highest BCUT2D eigenvalue weighted by Gasteiger charge is 2.32. The highest BCUT2D eigenvalue weighted by molar-refractivity contribution is 5.88. The van der Waals surface area contributed by atoms with Crippen LogP contribution in [0.2, 0.25) is 0 Å². The van der Waals surface area contributed by atoms with E-state index in [4.69, 9.17) is 24.3 Å². The molecule has 312 valence electrons. The van der Waals surface area contributed by atoms with Crippen LogP contribution in [0, 0.1) is 11.6 Å². The molecule has 2 aromatic carbocycles. The van der Waals surface area contributed by atoms with Crippen molar-refractivity contribution in [2.75, 3.05) is 43.6 Å². The number of anilines is 2. The van der Waals surface area contributed by atoms with Gasteiger partial charge in [0, 0.05) is 62.4 Å². The molecule has 12 nitrogen and oxygen atoms in total. The number of alkyl halides is 3. The van der Waals surface area contributed by atoms with E-state index in [-0.39, 0.29) is 18.4 Å². The number of urea groups is 2. The molecule has 17 heteroatoms. The van der Waals surface area contributed by atoms with E-state index in [1.165, 1.54) is 6.07 Å². The van der Waals surface area contributed by atoms with Crippen LogP contribution < -0.4 is 21.7 Å². The molecular formula is C40H51F5N6O6. The van der Waals surface area contributed by atoms with Crippen molar-refractivity contribution in [1.82, 2.24) is 15.6 Å². The fraction of sp³-hybridized carbons (Fsp3) is 0.500. The average Bonchev–Trinajstić information content (AvgIpc) is 3.76. The molecule has 4 heterocycles. The normalized spacial score (nSPS) is 16.1. The van der Waals surface area contributed by atoms with Crippen molar-refractivity contribution >= 4 is 23.7 Å². The fourth-order valence-electron chi connectivity index (χ4n) is 6.08. The van der Waals surface area contributed by atoms with Crippen LogP contribution in [-0.2, 0) is 21.1 Å². The third kappa shape index (κ3) is 13.8. The quantitative estimate of drug-likeness (QED) is 0.128. The number of carbonyl (C=O) groups is 2. The molecule has 3 fully saturated rings. The number of ether oxygens (including phenoxy) is 2. The number of halogens is 5. The topological polar surface area (TPSA) is 167 Å². The Bertz CT molecular complexity index is 1870. The summed E-state index contributed by atoms with van der Waals surface area (Å²) in [5.41, 5.74) is 4.58. The summed E-state index contributed by atoms with van der Waals surface area (Å²) in [5.74, 6) is 1.58. The number of carbonyl (C=O) groups excluding carboxylic acids is 2. The van der Waals surface area contributed by atoms with E-state index in [2.05, 4.69) is 26.3 Å². The van der Waals surface area contributed by atoms with Gasteiger partial charge in [0.05, 0.1) is 5.56 Å². The Kier molecular flexibility index (Phi) is 16.4. The van der Waals surface area contributed by atoms with Gasteiger partial charge in [0.2, 0.25) is 0 Å². The van der Waals surface area contributed by atoms with Crippen molar-refractivity contribution in [3.05, 3.63) is 94.4 Å². The molecule has 2 aromatic heterocycles. The van der Waals surface area contributed by atoms with E-state index in [0.717, 1.165) is 75.7 Å². The summed E-state index contributed by atoms with van der Waals surface area (Å²) in [7, 11) is 0. The van der Waals surface area contributed by atoms with Crippen LogP contribution in [0.25, 0.3) is 0 Å². The maximum atomic E-state index is 12.9. The number of nitrogens with zero attached hydrogens (tertiary/aromatic N) is 2. The van der Waals surface area contributed by atoms with Crippen LogP contribution in [0.15, 0.2) is 63.6 Å². The van der Waals surface area contributed by atoms with Gasteiger partial charge in [-0.15, -0.1) is 0 Å². The Hall–Kier alpha value is -5.03. The number of rotatable bonds is 8. The van der Waals surface area contributed by atoms with Crippen LogP contribution in [-0.4, -0.2) is 55.3 Å². The number of hydrogen-bond acceptors (Lipinski definition) is 8. The van der Waals surface area contributed by atoms with E-state index in [0.29, 0.717) is 47.7 Å². The monoisotopic (exact) mass is 806 g/mol. The van der Waals surface area contributed by atoms with Crippen molar-refractivity contribution < 1.29 is 50.1 Å². The Morgan fingerprint density at radius 2 is 1.25 bits per heavy atom. The Labute approximate surface area is 328 Å². The SMILES string of the molecule is CC.CC(C)(CNC(=O)Nc1cc(C2CCOCC2)on1)c1cccc(C(F)(F)F)c1.Fc1cccc(C2CC2)c1F.NC(=O)Nc1cc(C2CCOCC2)on1. The molecule has 2 saturated heterocycles. The van der Waals surface area contributed by atoms with E-state index in [9.17, 15) is 31.5 Å². The Balaban J connectivity index is 0.000000212. The molecule has 0 spiro atoms. The minimum absolute atomic E-state index is 0.144. The van der Waals surface area contributed by atoms with Crippen LogP contribution >= 0.6 is 0 Å². The zero-order valence-corrected chi connectivity index (χ0v) is 32.5. The second-order valence-electron chi connectivity index (χ2n) is 14.2. The van der Waals surface area contributed by atoms with Gasteiger partial charge in [-0.25, -0.2) is 18.4 Å². The minimum atomic E-state index is -4.41. The van der Waals surface area contributed by atoms with Crippen LogP contribution in [0.1, 0.15) is 112 Å². The van der Waals surface area contributed by atoms with Crippen molar-refractivity contribution in [1.29, 1.82) is 0 Å². The van der Waals surface area contributed by atoms with E-state index < -0.39 is 40.9 Å². The Morgan fingerprint density at radius 3 is 1.75 bits per heavy atom. The van der Waals surface area contributed by atoms with Gasteiger partial charge >= 0.3 is 18.2 Å². The van der Waals surface area contributed by atoms with Gasteiger partial charge in [-0.05, 0) is 67.7 Å². The van der Waals surface area contributed by atoms with Crippen molar-refractivity contribution in [3.63, 3.8) is 0 Å². The van der Waals surface area contributed by atoms with Crippen molar-refractivity contribution in [3.8, 4) is 0 Å². The lowest BCUT2D eigenvalue weighted by Crippen LogP contribution is -2.39. The third-order valence-electron chi connectivity index (χ3n) is 9.46. The minimum Gasteiger partial charge on any atom is -0.381 e. The number of benzene rings is 2. The molecule has 5 N–H and O–H groups in total. The fourth-order valence-corrected chi connectivity index (χ4v) is 6.08. The van der Waals surface area contributed by atoms with Gasteiger partial charge in [-0.1, -0.05) is 68.3 Å². The molecule has 0 radical (unpaired) electrons. The summed E-state index contributed by atoms with van der Waals surface area (Å²) in [6, 6.07) is 11.8. The number of aromatic nitrogens is 2. The van der Waals surface area contributed by atoms with Gasteiger partial charge in [-0.3, -0.25) is 10.6 Å². The van der Waals surface area contributed by atoms with Gasteiger partial charge in [0.15, 0.2) is 23.3 Å². The summed E-state index contributed by atoms with van der Waals surface area (Å²) in [4.78, 5) is 22.8. The number of nitrogens with two attached hydrogens (primary N) is 1. The molecular weight excluding hydrogens is 755 g/mol. The number of amides is 4. The van der Waals surface area contributed by atoms with Crippen LogP contribution in [0.4, 0.5) is 43.2 Å². The molecule has 0 bridgehead atoms. The van der Waals surface area contributed by atoms with Crippen LogP contribution in [0.3, 0.4) is 0 Å².